The van der Waals surface area contributed by atoms with Crippen molar-refractivity contribution in [3.05, 3.63) is 28.8 Å². The zero-order chi connectivity index (χ0) is 18.4. The van der Waals surface area contributed by atoms with E-state index in [-0.39, 0.29) is 43.4 Å². The molecule has 2 N–H and O–H groups in total. The van der Waals surface area contributed by atoms with E-state index in [0.717, 1.165) is 12.1 Å². The number of carbonyl (C=O) groups excluding carboxylic acids is 1. The second kappa shape index (κ2) is 8.65. The molecule has 0 atom stereocenters. The van der Waals surface area contributed by atoms with E-state index >= 15 is 0 Å². The van der Waals surface area contributed by atoms with Gasteiger partial charge in [0.2, 0.25) is 5.91 Å². The number of sulfone groups is 1. The Morgan fingerprint density at radius 2 is 1.96 bits per heavy atom. The summed E-state index contributed by atoms with van der Waals surface area (Å²) in [4.78, 5) is 10.7. The van der Waals surface area contributed by atoms with Gasteiger partial charge in [0.15, 0.2) is 0 Å². The van der Waals surface area contributed by atoms with E-state index < -0.39 is 26.1 Å². The van der Waals surface area contributed by atoms with E-state index in [1.165, 1.54) is 0 Å². The first kappa shape index (κ1) is 20.7. The number of rotatable bonds is 8. The third-order valence-electron chi connectivity index (χ3n) is 2.79. The molecule has 11 heteroatoms. The highest BCUT2D eigenvalue weighted by molar-refractivity contribution is 7.92. The normalized spacial score (nSPS) is 12.2. The highest BCUT2D eigenvalue weighted by Crippen LogP contribution is 2.32. The second-order valence-corrected chi connectivity index (χ2v) is 6.91. The van der Waals surface area contributed by atoms with Crippen molar-refractivity contribution in [2.45, 2.75) is 16.8 Å². The molecule has 1 aromatic carbocycles. The maximum Gasteiger partial charge on any atom is 0.501 e. The summed E-state index contributed by atoms with van der Waals surface area (Å²) in [6.07, 6.45) is -0.231. The van der Waals surface area contributed by atoms with Gasteiger partial charge in [0.05, 0.1) is 31.1 Å². The number of benzene rings is 1. The van der Waals surface area contributed by atoms with E-state index in [9.17, 15) is 26.4 Å². The zero-order valence-electron chi connectivity index (χ0n) is 12.3. The van der Waals surface area contributed by atoms with Gasteiger partial charge in [-0.3, -0.25) is 4.79 Å². The molecule has 24 heavy (non-hydrogen) atoms. The number of alkyl halides is 3. The number of ether oxygens (including phenoxy) is 1. The number of aliphatic hydroxyl groups is 1. The Morgan fingerprint density at radius 3 is 2.50 bits per heavy atom. The Morgan fingerprint density at radius 1 is 1.29 bits per heavy atom. The third kappa shape index (κ3) is 5.62. The Hall–Kier alpha value is -1.36. The van der Waals surface area contributed by atoms with Crippen LogP contribution in [0.1, 0.15) is 5.56 Å². The molecular formula is C13H15ClF3NO5S. The molecule has 136 valence electrons. The molecule has 1 rings (SSSR count). The molecule has 0 fully saturated rings. The van der Waals surface area contributed by atoms with Gasteiger partial charge in [0.1, 0.15) is 0 Å². The van der Waals surface area contributed by atoms with Crippen LogP contribution in [-0.4, -0.2) is 51.3 Å². The molecular weight excluding hydrogens is 375 g/mol. The minimum absolute atomic E-state index is 0.136. The maximum atomic E-state index is 12.5. The van der Waals surface area contributed by atoms with Gasteiger partial charge in [-0.1, -0.05) is 17.7 Å². The van der Waals surface area contributed by atoms with Crippen LogP contribution in [0.25, 0.3) is 0 Å². The lowest BCUT2D eigenvalue weighted by atomic mass is 10.1. The fourth-order valence-electron chi connectivity index (χ4n) is 1.64. The fraction of sp³-hybridized carbons (Fsp3) is 0.462. The maximum absolute atomic E-state index is 12.5. The van der Waals surface area contributed by atoms with Crippen molar-refractivity contribution >= 4 is 27.3 Å². The average Bonchev–Trinajstić information content (AvgIpc) is 2.48. The van der Waals surface area contributed by atoms with Crippen LogP contribution in [0, 0.1) is 0 Å². The summed E-state index contributed by atoms with van der Waals surface area (Å²) in [7, 11) is -5.49. The van der Waals surface area contributed by atoms with Crippen LogP contribution >= 0.6 is 11.6 Å². The van der Waals surface area contributed by atoms with Crippen LogP contribution in [0.4, 0.5) is 13.2 Å². The van der Waals surface area contributed by atoms with Gasteiger partial charge in [0, 0.05) is 11.6 Å². The standard InChI is InChI=1S/C13H15ClF3NO5S/c14-11-8-10(24(21,22)13(15,16)17)2-1-9(11)7-12(20)18-3-5-23-6-4-19/h1-2,8,19H,3-7H2,(H,18,20). The van der Waals surface area contributed by atoms with Crippen molar-refractivity contribution < 1.29 is 36.2 Å². The zero-order valence-corrected chi connectivity index (χ0v) is 13.8. The van der Waals surface area contributed by atoms with E-state index in [0.29, 0.717) is 6.07 Å². The van der Waals surface area contributed by atoms with Crippen LogP contribution in [0.5, 0.6) is 0 Å². The van der Waals surface area contributed by atoms with Gasteiger partial charge < -0.3 is 15.2 Å². The number of carbonyl (C=O) groups is 1. The lowest BCUT2D eigenvalue weighted by Crippen LogP contribution is -2.29. The summed E-state index contributed by atoms with van der Waals surface area (Å²) in [5, 5.41) is 10.7. The van der Waals surface area contributed by atoms with Crippen LogP contribution in [0.15, 0.2) is 23.1 Å². The third-order valence-corrected chi connectivity index (χ3v) is 4.63. The SMILES string of the molecule is O=C(Cc1ccc(S(=O)(=O)C(F)(F)F)cc1Cl)NCCOCCO. The largest absolute Gasteiger partial charge is 0.501 e. The number of halogens is 4. The fourth-order valence-corrected chi connectivity index (χ4v) is 2.74. The lowest BCUT2D eigenvalue weighted by Gasteiger charge is -2.11. The molecule has 0 heterocycles. The molecule has 1 amide bonds. The van der Waals surface area contributed by atoms with Crippen molar-refractivity contribution in [3.63, 3.8) is 0 Å². The van der Waals surface area contributed by atoms with Gasteiger partial charge in [-0.25, -0.2) is 8.42 Å². The summed E-state index contributed by atoms with van der Waals surface area (Å²) in [5.41, 5.74) is -5.24. The monoisotopic (exact) mass is 389 g/mol. The van der Waals surface area contributed by atoms with Gasteiger partial charge in [-0.15, -0.1) is 0 Å². The summed E-state index contributed by atoms with van der Waals surface area (Å²) in [6.45, 7) is 0.355. The summed E-state index contributed by atoms with van der Waals surface area (Å²) < 4.78 is 64.9. The van der Waals surface area contributed by atoms with E-state index in [1.54, 1.807) is 0 Å². The minimum Gasteiger partial charge on any atom is -0.394 e. The molecule has 0 aliphatic heterocycles. The highest BCUT2D eigenvalue weighted by atomic mass is 35.5. The Balaban J connectivity index is 2.71. The number of aliphatic hydroxyl groups excluding tert-OH is 1. The predicted molar refractivity (Wildman–Crippen MR) is 79.3 cm³/mol. The quantitative estimate of drug-likeness (QED) is 0.654. The van der Waals surface area contributed by atoms with E-state index in [4.69, 9.17) is 21.4 Å². The Labute approximate surface area is 141 Å². The number of amides is 1. The number of nitrogens with one attached hydrogen (secondary N) is 1. The molecule has 0 bridgehead atoms. The summed E-state index contributed by atoms with van der Waals surface area (Å²) in [5.74, 6) is -0.462. The highest BCUT2D eigenvalue weighted by Gasteiger charge is 2.46. The predicted octanol–water partition coefficient (Wildman–Crippen LogP) is 1.30. The Bertz CT molecular complexity index is 679. The second-order valence-electron chi connectivity index (χ2n) is 4.57. The van der Waals surface area contributed by atoms with Gasteiger partial charge >= 0.3 is 5.51 Å². The molecule has 0 unspecified atom stereocenters. The molecule has 0 radical (unpaired) electrons. The van der Waals surface area contributed by atoms with E-state index in [1.807, 2.05) is 0 Å². The van der Waals surface area contributed by atoms with Crippen LogP contribution < -0.4 is 5.32 Å². The molecule has 1 aromatic rings. The first-order valence-corrected chi connectivity index (χ1v) is 8.51. The van der Waals surface area contributed by atoms with E-state index in [2.05, 4.69) is 5.32 Å². The summed E-state index contributed by atoms with van der Waals surface area (Å²) in [6, 6.07) is 2.47. The van der Waals surface area contributed by atoms with Gasteiger partial charge in [-0.2, -0.15) is 13.2 Å². The van der Waals surface area contributed by atoms with Crippen LogP contribution in [0.3, 0.4) is 0 Å². The molecule has 0 aliphatic rings. The summed E-state index contributed by atoms with van der Waals surface area (Å²) >= 11 is 5.77. The van der Waals surface area contributed by atoms with Crippen molar-refractivity contribution in [3.8, 4) is 0 Å². The number of hydrogen-bond donors (Lipinski definition) is 2. The van der Waals surface area contributed by atoms with Crippen molar-refractivity contribution in [2.75, 3.05) is 26.4 Å². The lowest BCUT2D eigenvalue weighted by molar-refractivity contribution is -0.120. The smallest absolute Gasteiger partial charge is 0.394 e. The topological polar surface area (TPSA) is 92.7 Å². The van der Waals surface area contributed by atoms with Crippen LogP contribution in [0.2, 0.25) is 5.02 Å². The van der Waals surface area contributed by atoms with Crippen molar-refractivity contribution in [1.82, 2.24) is 5.32 Å². The van der Waals surface area contributed by atoms with Crippen LogP contribution in [-0.2, 0) is 25.8 Å². The molecule has 0 aliphatic carbocycles. The number of hydrogen-bond acceptors (Lipinski definition) is 5. The van der Waals surface area contributed by atoms with Crippen molar-refractivity contribution in [2.24, 2.45) is 0 Å². The average molecular weight is 390 g/mol. The molecule has 0 spiro atoms. The Kier molecular flexibility index (Phi) is 7.46. The van der Waals surface area contributed by atoms with Gasteiger partial charge in [0.25, 0.3) is 9.84 Å². The first-order valence-electron chi connectivity index (χ1n) is 6.64. The van der Waals surface area contributed by atoms with Crippen molar-refractivity contribution in [1.29, 1.82) is 0 Å². The molecule has 0 saturated carbocycles. The molecule has 6 nitrogen and oxygen atoms in total. The first-order chi connectivity index (χ1) is 11.1. The molecule has 0 aromatic heterocycles. The minimum atomic E-state index is -5.49. The molecule has 0 saturated heterocycles. The van der Waals surface area contributed by atoms with Gasteiger partial charge in [-0.05, 0) is 17.7 Å².